The van der Waals surface area contributed by atoms with Crippen molar-refractivity contribution in [1.29, 1.82) is 0 Å². The first-order valence-electron chi connectivity index (χ1n) is 10.4. The maximum atomic E-state index is 5.95. The highest BCUT2D eigenvalue weighted by atomic mass is 16.5. The highest BCUT2D eigenvalue weighted by molar-refractivity contribution is 5.79. The zero-order chi connectivity index (χ0) is 20.8. The summed E-state index contributed by atoms with van der Waals surface area (Å²) in [6.07, 6.45) is 1.95. The number of rotatable bonds is 7. The molecule has 1 atom stereocenters. The molecule has 3 aromatic heterocycles. The van der Waals surface area contributed by atoms with Gasteiger partial charge < -0.3 is 19.8 Å². The lowest BCUT2D eigenvalue weighted by atomic mass is 10.1. The van der Waals surface area contributed by atoms with Crippen LogP contribution in [-0.4, -0.2) is 64.9 Å². The summed E-state index contributed by atoms with van der Waals surface area (Å²) in [4.78, 5) is 7.11. The van der Waals surface area contributed by atoms with Crippen LogP contribution in [0.4, 0.5) is 0 Å². The van der Waals surface area contributed by atoms with Gasteiger partial charge in [-0.3, -0.25) is 9.30 Å². The molecule has 0 aliphatic carbocycles. The smallest absolute Gasteiger partial charge is 0.191 e. The topological polar surface area (TPSA) is 92.2 Å². The van der Waals surface area contributed by atoms with Crippen molar-refractivity contribution in [2.45, 2.75) is 26.4 Å². The van der Waals surface area contributed by atoms with Crippen LogP contribution >= 0.6 is 0 Å². The van der Waals surface area contributed by atoms with E-state index in [0.29, 0.717) is 13.1 Å². The number of aliphatic imine (C=N–C) groups is 1. The summed E-state index contributed by atoms with van der Waals surface area (Å²) in [5.74, 6) is 3.42. The number of fused-ring (bicyclic) bond motifs is 1. The fraction of sp³-hybridized carbons (Fsp3) is 0.476. The van der Waals surface area contributed by atoms with Gasteiger partial charge >= 0.3 is 0 Å². The molecule has 160 valence electrons. The highest BCUT2D eigenvalue weighted by Gasteiger charge is 2.25. The molecule has 0 aromatic carbocycles. The predicted molar refractivity (Wildman–Crippen MR) is 114 cm³/mol. The van der Waals surface area contributed by atoms with E-state index in [1.807, 2.05) is 41.8 Å². The van der Waals surface area contributed by atoms with Gasteiger partial charge in [0.1, 0.15) is 18.1 Å². The average molecular weight is 412 g/mol. The van der Waals surface area contributed by atoms with Crippen molar-refractivity contribution in [2.75, 3.05) is 39.4 Å². The van der Waals surface area contributed by atoms with E-state index in [2.05, 4.69) is 38.7 Å². The van der Waals surface area contributed by atoms with Crippen molar-refractivity contribution < 1.29 is 9.15 Å². The second-order valence-corrected chi connectivity index (χ2v) is 7.23. The van der Waals surface area contributed by atoms with Crippen LogP contribution in [0.3, 0.4) is 0 Å². The Morgan fingerprint density at radius 3 is 2.80 bits per heavy atom. The number of hydrogen-bond donors (Lipinski definition) is 2. The van der Waals surface area contributed by atoms with Crippen LogP contribution in [0.25, 0.3) is 5.65 Å². The molecule has 0 radical (unpaired) electrons. The Kier molecular flexibility index (Phi) is 6.60. The molecule has 0 saturated carbocycles. The minimum Gasteiger partial charge on any atom is -0.465 e. The van der Waals surface area contributed by atoms with Gasteiger partial charge in [-0.25, -0.2) is 4.99 Å². The SMILES string of the molecule is CCNC(=NCc1nnc2ccccn12)NCC(c1ccc(C)o1)N1CCOCC1. The van der Waals surface area contributed by atoms with Crippen molar-refractivity contribution in [3.05, 3.63) is 53.9 Å². The van der Waals surface area contributed by atoms with Gasteiger partial charge in [0.05, 0.1) is 19.3 Å². The van der Waals surface area contributed by atoms with Gasteiger partial charge in [-0.1, -0.05) is 6.07 Å². The molecule has 1 aliphatic heterocycles. The summed E-state index contributed by atoms with van der Waals surface area (Å²) in [6, 6.07) is 10.0. The van der Waals surface area contributed by atoms with Gasteiger partial charge in [0.25, 0.3) is 0 Å². The zero-order valence-corrected chi connectivity index (χ0v) is 17.5. The van der Waals surface area contributed by atoms with E-state index in [1.54, 1.807) is 0 Å². The number of pyridine rings is 1. The molecule has 2 N–H and O–H groups in total. The lowest BCUT2D eigenvalue weighted by molar-refractivity contribution is 0.0124. The van der Waals surface area contributed by atoms with Crippen LogP contribution in [0.2, 0.25) is 0 Å². The summed E-state index contributed by atoms with van der Waals surface area (Å²) in [7, 11) is 0. The van der Waals surface area contributed by atoms with Gasteiger partial charge in [0, 0.05) is 32.4 Å². The summed E-state index contributed by atoms with van der Waals surface area (Å²) in [5.41, 5.74) is 0.821. The van der Waals surface area contributed by atoms with Crippen molar-refractivity contribution in [3.8, 4) is 0 Å². The van der Waals surface area contributed by atoms with Crippen LogP contribution in [0.1, 0.15) is 30.3 Å². The van der Waals surface area contributed by atoms with E-state index in [4.69, 9.17) is 14.1 Å². The third-order valence-electron chi connectivity index (χ3n) is 5.15. The molecule has 4 rings (SSSR count). The monoisotopic (exact) mass is 411 g/mol. The molecule has 1 fully saturated rings. The summed E-state index contributed by atoms with van der Waals surface area (Å²) < 4.78 is 13.4. The van der Waals surface area contributed by atoms with Crippen LogP contribution in [0.5, 0.6) is 0 Å². The van der Waals surface area contributed by atoms with Gasteiger partial charge in [-0.2, -0.15) is 0 Å². The van der Waals surface area contributed by atoms with Crippen LogP contribution in [-0.2, 0) is 11.3 Å². The zero-order valence-electron chi connectivity index (χ0n) is 17.5. The van der Waals surface area contributed by atoms with E-state index in [0.717, 1.165) is 61.8 Å². The molecule has 3 aromatic rings. The van der Waals surface area contributed by atoms with Crippen molar-refractivity contribution in [1.82, 2.24) is 30.1 Å². The van der Waals surface area contributed by atoms with E-state index in [9.17, 15) is 0 Å². The third-order valence-corrected chi connectivity index (χ3v) is 5.15. The molecule has 0 spiro atoms. The molecule has 0 bridgehead atoms. The highest BCUT2D eigenvalue weighted by Crippen LogP contribution is 2.23. The summed E-state index contributed by atoms with van der Waals surface area (Å²) in [5, 5.41) is 15.2. The predicted octanol–water partition coefficient (Wildman–Crippen LogP) is 1.76. The van der Waals surface area contributed by atoms with E-state index >= 15 is 0 Å². The maximum absolute atomic E-state index is 5.95. The number of morpholine rings is 1. The quantitative estimate of drug-likeness (QED) is 0.452. The second-order valence-electron chi connectivity index (χ2n) is 7.23. The minimum absolute atomic E-state index is 0.111. The first kappa shape index (κ1) is 20.4. The lowest BCUT2D eigenvalue weighted by Crippen LogP contribution is -2.46. The van der Waals surface area contributed by atoms with Crippen molar-refractivity contribution in [3.63, 3.8) is 0 Å². The largest absolute Gasteiger partial charge is 0.465 e. The standard InChI is InChI=1S/C21H29N7O2/c1-3-22-21(24-15-20-26-25-19-6-4-5-9-28(19)20)23-14-17(18-8-7-16(2)30-18)27-10-12-29-13-11-27/h4-9,17H,3,10-15H2,1-2H3,(H2,22,23,24). The van der Waals surface area contributed by atoms with Crippen LogP contribution in [0, 0.1) is 6.92 Å². The lowest BCUT2D eigenvalue weighted by Gasteiger charge is -2.33. The Morgan fingerprint density at radius 1 is 1.17 bits per heavy atom. The summed E-state index contributed by atoms with van der Waals surface area (Å²) >= 11 is 0. The number of nitrogens with one attached hydrogen (secondary N) is 2. The number of aryl methyl sites for hydroxylation is 1. The third kappa shape index (κ3) is 4.80. The number of hydrogen-bond acceptors (Lipinski definition) is 6. The van der Waals surface area contributed by atoms with Crippen LogP contribution < -0.4 is 10.6 Å². The Morgan fingerprint density at radius 2 is 2.03 bits per heavy atom. The minimum atomic E-state index is 0.111. The van der Waals surface area contributed by atoms with E-state index < -0.39 is 0 Å². The first-order chi connectivity index (χ1) is 14.7. The molecular weight excluding hydrogens is 382 g/mol. The first-order valence-corrected chi connectivity index (χ1v) is 10.4. The number of furan rings is 1. The normalized spacial score (nSPS) is 16.7. The van der Waals surface area contributed by atoms with Crippen molar-refractivity contribution in [2.24, 2.45) is 4.99 Å². The molecule has 9 nitrogen and oxygen atoms in total. The molecule has 0 amide bonds. The van der Waals surface area contributed by atoms with Crippen molar-refractivity contribution >= 4 is 11.6 Å². The molecular formula is C21H29N7O2. The fourth-order valence-corrected chi connectivity index (χ4v) is 3.61. The fourth-order valence-electron chi connectivity index (χ4n) is 3.61. The number of ether oxygens (including phenoxy) is 1. The maximum Gasteiger partial charge on any atom is 0.191 e. The molecule has 1 saturated heterocycles. The Labute approximate surface area is 176 Å². The van der Waals surface area contributed by atoms with Gasteiger partial charge in [0.2, 0.25) is 0 Å². The molecule has 9 heteroatoms. The van der Waals surface area contributed by atoms with Crippen LogP contribution in [0.15, 0.2) is 45.9 Å². The van der Waals surface area contributed by atoms with E-state index in [-0.39, 0.29) is 6.04 Å². The number of nitrogens with zero attached hydrogens (tertiary/aromatic N) is 5. The molecule has 1 aliphatic rings. The van der Waals surface area contributed by atoms with Gasteiger partial charge in [0.15, 0.2) is 17.4 Å². The number of aromatic nitrogens is 3. The van der Waals surface area contributed by atoms with Gasteiger partial charge in [-0.05, 0) is 38.1 Å². The Bertz CT molecular complexity index is 975. The molecule has 4 heterocycles. The molecule has 1 unspecified atom stereocenters. The Hall–Kier alpha value is -2.91. The second kappa shape index (κ2) is 9.73. The van der Waals surface area contributed by atoms with Gasteiger partial charge in [-0.15, -0.1) is 10.2 Å². The Balaban J connectivity index is 1.47. The summed E-state index contributed by atoms with van der Waals surface area (Å²) in [6.45, 7) is 9.16. The molecule has 30 heavy (non-hydrogen) atoms. The van der Waals surface area contributed by atoms with E-state index in [1.165, 1.54) is 0 Å². The number of guanidine groups is 1. The average Bonchev–Trinajstić information content (AvgIpc) is 3.39.